The molecule has 1 aromatic heterocycles. The van der Waals surface area contributed by atoms with Crippen LogP contribution in [0.4, 0.5) is 15.2 Å². The van der Waals surface area contributed by atoms with Gasteiger partial charge >= 0.3 is 0 Å². The Morgan fingerprint density at radius 2 is 1.88 bits per heavy atom. The van der Waals surface area contributed by atoms with Crippen LogP contribution in [0, 0.1) is 5.82 Å². The van der Waals surface area contributed by atoms with Crippen LogP contribution in [0.15, 0.2) is 29.6 Å². The molecule has 132 valence electrons. The Morgan fingerprint density at radius 3 is 2.52 bits per heavy atom. The van der Waals surface area contributed by atoms with Crippen LogP contribution in [0.5, 0.6) is 0 Å². The summed E-state index contributed by atoms with van der Waals surface area (Å²) < 4.78 is 13.0. The first-order valence-corrected chi connectivity index (χ1v) is 8.89. The zero-order chi connectivity index (χ0) is 17.8. The van der Waals surface area contributed by atoms with Gasteiger partial charge < -0.3 is 15.1 Å². The SMILES string of the molecule is CC(=O)Nc1nc(CC(=O)N2CCN(c3ccc(F)cc3)CC2)cs1. The number of anilines is 2. The van der Waals surface area contributed by atoms with E-state index in [-0.39, 0.29) is 24.1 Å². The van der Waals surface area contributed by atoms with E-state index in [2.05, 4.69) is 15.2 Å². The monoisotopic (exact) mass is 362 g/mol. The summed E-state index contributed by atoms with van der Waals surface area (Å²) in [6.45, 7) is 4.10. The van der Waals surface area contributed by atoms with E-state index in [9.17, 15) is 14.0 Å². The van der Waals surface area contributed by atoms with Crippen LogP contribution in [0.3, 0.4) is 0 Å². The fourth-order valence-electron chi connectivity index (χ4n) is 2.73. The molecule has 0 bridgehead atoms. The highest BCUT2D eigenvalue weighted by molar-refractivity contribution is 7.13. The Labute approximate surface area is 149 Å². The van der Waals surface area contributed by atoms with Gasteiger partial charge in [0.15, 0.2) is 5.13 Å². The summed E-state index contributed by atoms with van der Waals surface area (Å²) in [5, 5.41) is 4.92. The Hall–Kier alpha value is -2.48. The third kappa shape index (κ3) is 4.54. The van der Waals surface area contributed by atoms with E-state index in [1.54, 1.807) is 17.5 Å². The van der Waals surface area contributed by atoms with Crippen LogP contribution in [0.25, 0.3) is 0 Å². The molecule has 0 radical (unpaired) electrons. The highest BCUT2D eigenvalue weighted by Gasteiger charge is 2.22. The average molecular weight is 362 g/mol. The Kier molecular flexibility index (Phi) is 5.28. The van der Waals surface area contributed by atoms with Gasteiger partial charge in [-0.3, -0.25) is 9.59 Å². The number of carbonyl (C=O) groups excluding carboxylic acids is 2. The second-order valence-corrected chi connectivity index (χ2v) is 6.70. The topological polar surface area (TPSA) is 65.5 Å². The van der Waals surface area contributed by atoms with E-state index in [0.29, 0.717) is 37.0 Å². The molecule has 1 saturated heterocycles. The molecule has 2 aromatic rings. The smallest absolute Gasteiger partial charge is 0.228 e. The van der Waals surface area contributed by atoms with Gasteiger partial charge in [-0.15, -0.1) is 11.3 Å². The van der Waals surface area contributed by atoms with E-state index >= 15 is 0 Å². The predicted octanol–water partition coefficient (Wildman–Crippen LogP) is 2.13. The quantitative estimate of drug-likeness (QED) is 0.905. The number of amides is 2. The number of thiazole rings is 1. The fraction of sp³-hybridized carbons (Fsp3) is 0.353. The molecule has 0 atom stereocenters. The number of hydrogen-bond acceptors (Lipinski definition) is 5. The molecule has 2 amide bonds. The highest BCUT2D eigenvalue weighted by Crippen LogP contribution is 2.19. The molecule has 1 aliphatic rings. The zero-order valence-corrected chi connectivity index (χ0v) is 14.7. The lowest BCUT2D eigenvalue weighted by Crippen LogP contribution is -2.49. The van der Waals surface area contributed by atoms with Crippen molar-refractivity contribution in [2.75, 3.05) is 36.4 Å². The van der Waals surface area contributed by atoms with Crippen molar-refractivity contribution < 1.29 is 14.0 Å². The average Bonchev–Trinajstić information content (AvgIpc) is 3.02. The van der Waals surface area contributed by atoms with Crippen molar-refractivity contribution in [3.05, 3.63) is 41.2 Å². The number of aromatic nitrogens is 1. The van der Waals surface area contributed by atoms with Crippen molar-refractivity contribution in [1.82, 2.24) is 9.88 Å². The van der Waals surface area contributed by atoms with Gasteiger partial charge in [-0.25, -0.2) is 9.37 Å². The van der Waals surface area contributed by atoms with Crippen LogP contribution in [0.2, 0.25) is 0 Å². The van der Waals surface area contributed by atoms with Crippen LogP contribution in [0.1, 0.15) is 12.6 Å². The molecule has 6 nitrogen and oxygen atoms in total. The number of rotatable bonds is 4. The Bertz CT molecular complexity index is 754. The summed E-state index contributed by atoms with van der Waals surface area (Å²) >= 11 is 1.31. The van der Waals surface area contributed by atoms with Crippen LogP contribution in [-0.2, 0) is 16.0 Å². The van der Waals surface area contributed by atoms with Crippen molar-refractivity contribution in [2.24, 2.45) is 0 Å². The van der Waals surface area contributed by atoms with Crippen molar-refractivity contribution in [3.8, 4) is 0 Å². The molecule has 1 fully saturated rings. The second-order valence-electron chi connectivity index (χ2n) is 5.85. The Balaban J connectivity index is 1.52. The molecule has 1 aromatic carbocycles. The third-order valence-corrected chi connectivity index (χ3v) is 4.80. The molecule has 0 unspecified atom stereocenters. The van der Waals surface area contributed by atoms with Gasteiger partial charge in [0.25, 0.3) is 0 Å². The van der Waals surface area contributed by atoms with E-state index in [4.69, 9.17) is 0 Å². The summed E-state index contributed by atoms with van der Waals surface area (Å²) in [6.07, 6.45) is 0.229. The van der Waals surface area contributed by atoms with Crippen LogP contribution < -0.4 is 10.2 Å². The first-order valence-electron chi connectivity index (χ1n) is 8.01. The molecule has 1 N–H and O–H groups in total. The predicted molar refractivity (Wildman–Crippen MR) is 95.3 cm³/mol. The third-order valence-electron chi connectivity index (χ3n) is 3.99. The van der Waals surface area contributed by atoms with Gasteiger partial charge in [-0.2, -0.15) is 0 Å². The minimum Gasteiger partial charge on any atom is -0.368 e. The largest absolute Gasteiger partial charge is 0.368 e. The van der Waals surface area contributed by atoms with Gasteiger partial charge in [-0.05, 0) is 24.3 Å². The number of benzene rings is 1. The molecule has 0 spiro atoms. The maximum absolute atomic E-state index is 13.0. The Morgan fingerprint density at radius 1 is 1.20 bits per heavy atom. The number of piperazine rings is 1. The molecule has 2 heterocycles. The van der Waals surface area contributed by atoms with Gasteiger partial charge in [0, 0.05) is 44.2 Å². The van der Waals surface area contributed by atoms with E-state index in [1.807, 2.05) is 4.90 Å². The highest BCUT2D eigenvalue weighted by atomic mass is 32.1. The zero-order valence-electron chi connectivity index (χ0n) is 13.9. The summed E-state index contributed by atoms with van der Waals surface area (Å²) in [5.74, 6) is -0.401. The minimum atomic E-state index is -0.251. The summed E-state index contributed by atoms with van der Waals surface area (Å²) in [6, 6.07) is 6.40. The van der Waals surface area contributed by atoms with Crippen molar-refractivity contribution >= 4 is 34.0 Å². The molecule has 3 rings (SSSR count). The van der Waals surface area contributed by atoms with Gasteiger partial charge in [0.1, 0.15) is 5.82 Å². The van der Waals surface area contributed by atoms with Gasteiger partial charge in [0.05, 0.1) is 12.1 Å². The van der Waals surface area contributed by atoms with E-state index < -0.39 is 0 Å². The van der Waals surface area contributed by atoms with Crippen LogP contribution >= 0.6 is 11.3 Å². The molecule has 0 saturated carbocycles. The number of nitrogens with one attached hydrogen (secondary N) is 1. The molecular formula is C17H19FN4O2S. The lowest BCUT2D eigenvalue weighted by Gasteiger charge is -2.36. The van der Waals surface area contributed by atoms with E-state index in [0.717, 1.165) is 5.69 Å². The summed E-state index contributed by atoms with van der Waals surface area (Å²) in [4.78, 5) is 31.6. The lowest BCUT2D eigenvalue weighted by atomic mass is 10.2. The lowest BCUT2D eigenvalue weighted by molar-refractivity contribution is -0.130. The molecule has 8 heteroatoms. The number of halogens is 1. The molecule has 25 heavy (non-hydrogen) atoms. The minimum absolute atomic E-state index is 0.0263. The van der Waals surface area contributed by atoms with Crippen molar-refractivity contribution in [2.45, 2.75) is 13.3 Å². The normalized spacial score (nSPS) is 14.5. The first kappa shape index (κ1) is 17.3. The maximum Gasteiger partial charge on any atom is 0.228 e. The van der Waals surface area contributed by atoms with Crippen LogP contribution in [-0.4, -0.2) is 47.9 Å². The number of nitrogens with zero attached hydrogens (tertiary/aromatic N) is 3. The van der Waals surface area contributed by atoms with Gasteiger partial charge in [-0.1, -0.05) is 0 Å². The number of hydrogen-bond donors (Lipinski definition) is 1. The summed E-state index contributed by atoms with van der Waals surface area (Å²) in [5.41, 5.74) is 1.63. The maximum atomic E-state index is 13.0. The van der Waals surface area contributed by atoms with Crippen molar-refractivity contribution in [3.63, 3.8) is 0 Å². The van der Waals surface area contributed by atoms with E-state index in [1.165, 1.54) is 30.4 Å². The molecular weight excluding hydrogens is 343 g/mol. The first-order chi connectivity index (χ1) is 12.0. The second kappa shape index (κ2) is 7.60. The van der Waals surface area contributed by atoms with Gasteiger partial charge in [0.2, 0.25) is 11.8 Å². The number of carbonyl (C=O) groups is 2. The molecule has 0 aliphatic carbocycles. The summed E-state index contributed by atoms with van der Waals surface area (Å²) in [7, 11) is 0. The fourth-order valence-corrected chi connectivity index (χ4v) is 3.49. The van der Waals surface area contributed by atoms with Crippen molar-refractivity contribution in [1.29, 1.82) is 0 Å². The standard InChI is InChI=1S/C17H19FN4O2S/c1-12(23)19-17-20-14(11-25-17)10-16(24)22-8-6-21(7-9-22)15-4-2-13(18)3-5-15/h2-5,11H,6-10H2,1H3,(H,19,20,23). The molecule has 1 aliphatic heterocycles.